The fourth-order valence-electron chi connectivity index (χ4n) is 5.46. The van der Waals surface area contributed by atoms with Gasteiger partial charge in [-0.3, -0.25) is 14.3 Å². The minimum Gasteiger partial charge on any atom is -0.390 e. The lowest BCUT2D eigenvalue weighted by atomic mass is 10.0. The van der Waals surface area contributed by atoms with Crippen LogP contribution in [0.2, 0.25) is 0 Å². The lowest BCUT2D eigenvalue weighted by Crippen LogP contribution is -2.33. The number of nitrogens with one attached hydrogen (secondary N) is 1. The first-order valence-electron chi connectivity index (χ1n) is 16.1. The van der Waals surface area contributed by atoms with E-state index in [1.54, 1.807) is 17.8 Å². The van der Waals surface area contributed by atoms with E-state index >= 15 is 0 Å². The van der Waals surface area contributed by atoms with Gasteiger partial charge in [0.25, 0.3) is 5.56 Å². The van der Waals surface area contributed by atoms with Gasteiger partial charge in [-0.15, -0.1) is 5.10 Å². The SMILES string of the molecule is CCCCCCCCCCCCCCCCCCOCc1cn(C[C@H]2O[C@@H](n3cc(C)c(=O)[nH]c3=O)CC2O)nn1. The van der Waals surface area contributed by atoms with Gasteiger partial charge in [0.2, 0.25) is 0 Å². The van der Waals surface area contributed by atoms with Gasteiger partial charge in [-0.25, -0.2) is 9.48 Å². The molecule has 0 bridgehead atoms. The molecule has 232 valence electrons. The topological polar surface area (TPSA) is 124 Å². The largest absolute Gasteiger partial charge is 0.390 e. The lowest BCUT2D eigenvalue weighted by Gasteiger charge is -2.16. The van der Waals surface area contributed by atoms with Gasteiger partial charge < -0.3 is 14.6 Å². The molecule has 1 fully saturated rings. The number of ether oxygens (including phenoxy) is 2. The molecule has 2 N–H and O–H groups in total. The van der Waals surface area contributed by atoms with E-state index in [2.05, 4.69) is 22.2 Å². The quantitative estimate of drug-likeness (QED) is 0.176. The van der Waals surface area contributed by atoms with E-state index in [1.807, 2.05) is 0 Å². The number of H-pyrrole nitrogens is 1. The van der Waals surface area contributed by atoms with Gasteiger partial charge in [-0.2, -0.15) is 0 Å². The summed E-state index contributed by atoms with van der Waals surface area (Å²) < 4.78 is 14.7. The van der Waals surface area contributed by atoms with Crippen LogP contribution in [0.5, 0.6) is 0 Å². The van der Waals surface area contributed by atoms with Crippen molar-refractivity contribution >= 4 is 0 Å². The fraction of sp³-hybridized carbons (Fsp3) is 0.806. The van der Waals surface area contributed by atoms with E-state index in [1.165, 1.54) is 107 Å². The van der Waals surface area contributed by atoms with Crippen LogP contribution in [0.15, 0.2) is 22.0 Å². The first kappa shape index (κ1) is 33.2. The average Bonchev–Trinajstić information content (AvgIpc) is 3.56. The molecule has 0 amide bonds. The second kappa shape index (κ2) is 19.0. The van der Waals surface area contributed by atoms with Crippen LogP contribution in [0, 0.1) is 6.92 Å². The van der Waals surface area contributed by atoms with Gasteiger partial charge >= 0.3 is 5.69 Å². The molecule has 1 saturated heterocycles. The van der Waals surface area contributed by atoms with Crippen LogP contribution in [-0.2, 0) is 22.6 Å². The molecule has 1 unspecified atom stereocenters. The van der Waals surface area contributed by atoms with Crippen molar-refractivity contribution in [3.05, 3.63) is 44.5 Å². The van der Waals surface area contributed by atoms with Crippen LogP contribution in [0.25, 0.3) is 0 Å². The molecule has 0 aromatic carbocycles. The van der Waals surface area contributed by atoms with Crippen molar-refractivity contribution in [3.63, 3.8) is 0 Å². The van der Waals surface area contributed by atoms with Crippen molar-refractivity contribution in [1.29, 1.82) is 0 Å². The predicted octanol–water partition coefficient (Wildman–Crippen LogP) is 5.56. The molecule has 10 nitrogen and oxygen atoms in total. The van der Waals surface area contributed by atoms with Crippen molar-refractivity contribution < 1.29 is 14.6 Å². The maximum absolute atomic E-state index is 12.2. The average molecular weight is 576 g/mol. The third-order valence-corrected chi connectivity index (χ3v) is 8.01. The smallest absolute Gasteiger partial charge is 0.330 e. The van der Waals surface area contributed by atoms with Gasteiger partial charge in [-0.05, 0) is 13.3 Å². The molecule has 0 radical (unpaired) electrons. The molecule has 2 aromatic rings. The first-order chi connectivity index (χ1) is 20.0. The van der Waals surface area contributed by atoms with Crippen LogP contribution in [-0.4, -0.2) is 48.5 Å². The van der Waals surface area contributed by atoms with Gasteiger partial charge in [0, 0.05) is 24.8 Å². The predicted molar refractivity (Wildman–Crippen MR) is 160 cm³/mol. The Balaban J connectivity index is 1.17. The van der Waals surface area contributed by atoms with E-state index in [-0.39, 0.29) is 6.42 Å². The number of unbranched alkanes of at least 4 members (excludes halogenated alkanes) is 15. The third-order valence-electron chi connectivity index (χ3n) is 8.01. The monoisotopic (exact) mass is 575 g/mol. The normalized spacial score (nSPS) is 18.9. The van der Waals surface area contributed by atoms with Crippen molar-refractivity contribution in [3.8, 4) is 0 Å². The Kier molecular flexibility index (Phi) is 15.4. The maximum Gasteiger partial charge on any atom is 0.330 e. The van der Waals surface area contributed by atoms with E-state index < -0.39 is 29.7 Å². The van der Waals surface area contributed by atoms with Crippen LogP contribution >= 0.6 is 0 Å². The number of hydrogen-bond donors (Lipinski definition) is 2. The summed E-state index contributed by atoms with van der Waals surface area (Å²) in [4.78, 5) is 26.1. The van der Waals surface area contributed by atoms with Crippen LogP contribution < -0.4 is 11.2 Å². The Hall–Kier alpha value is -2.30. The number of nitrogens with zero attached hydrogens (tertiary/aromatic N) is 4. The second-order valence-corrected chi connectivity index (χ2v) is 11.7. The van der Waals surface area contributed by atoms with E-state index in [9.17, 15) is 14.7 Å². The molecular formula is C31H53N5O5. The number of hydrogen-bond acceptors (Lipinski definition) is 7. The number of aryl methyl sites for hydroxylation is 1. The van der Waals surface area contributed by atoms with E-state index in [4.69, 9.17) is 9.47 Å². The summed E-state index contributed by atoms with van der Waals surface area (Å²) in [6, 6.07) is 0. The number of aromatic nitrogens is 5. The molecule has 1 aliphatic rings. The lowest BCUT2D eigenvalue weighted by molar-refractivity contribution is -0.0302. The number of aliphatic hydroxyl groups is 1. The van der Waals surface area contributed by atoms with Gasteiger partial charge in [0.05, 0.1) is 25.5 Å². The molecule has 41 heavy (non-hydrogen) atoms. The molecule has 3 atom stereocenters. The summed E-state index contributed by atoms with van der Waals surface area (Å²) in [6.07, 6.45) is 23.2. The highest BCUT2D eigenvalue weighted by atomic mass is 16.5. The first-order valence-corrected chi connectivity index (χ1v) is 16.1. The molecular weight excluding hydrogens is 522 g/mol. The van der Waals surface area contributed by atoms with Crippen molar-refractivity contribution in [2.75, 3.05) is 6.61 Å². The molecule has 1 aliphatic heterocycles. The summed E-state index contributed by atoms with van der Waals surface area (Å²) in [5.74, 6) is 0. The molecule has 3 heterocycles. The number of rotatable bonds is 22. The Morgan fingerprint density at radius 1 is 0.927 bits per heavy atom. The van der Waals surface area contributed by atoms with Crippen LogP contribution in [0.1, 0.15) is 134 Å². The standard InChI is InChI=1S/C31H53N5O5/c1-3-4-5-6-7-8-9-10-11-12-13-14-15-16-17-18-19-40-24-26-22-35(34-33-26)23-28-27(37)20-29(41-28)36-21-25(2)30(38)32-31(36)39/h21-22,27-29,37H,3-20,23-24H2,1-2H3,(H,32,38,39)/t27?,28-,29-/m1/s1. The minimum absolute atomic E-state index is 0.250. The van der Waals surface area contributed by atoms with Crippen LogP contribution in [0.3, 0.4) is 0 Å². The molecule has 10 heteroatoms. The zero-order valence-electron chi connectivity index (χ0n) is 25.4. The Morgan fingerprint density at radius 3 is 2.12 bits per heavy atom. The molecule has 2 aromatic heterocycles. The molecule has 0 aliphatic carbocycles. The van der Waals surface area contributed by atoms with Crippen molar-refractivity contribution in [2.24, 2.45) is 0 Å². The second-order valence-electron chi connectivity index (χ2n) is 11.7. The highest BCUT2D eigenvalue weighted by Gasteiger charge is 2.36. The minimum atomic E-state index is -0.766. The van der Waals surface area contributed by atoms with Gasteiger partial charge in [0.1, 0.15) is 18.0 Å². The maximum atomic E-state index is 12.2. The zero-order valence-corrected chi connectivity index (χ0v) is 25.4. The molecule has 3 rings (SSSR count). The zero-order chi connectivity index (χ0) is 29.3. The Morgan fingerprint density at radius 2 is 1.51 bits per heavy atom. The van der Waals surface area contributed by atoms with Crippen molar-refractivity contribution in [2.45, 2.75) is 155 Å². The number of aliphatic hydroxyl groups excluding tert-OH is 1. The molecule has 0 saturated carbocycles. The summed E-state index contributed by atoms with van der Waals surface area (Å²) in [6.45, 7) is 5.32. The van der Waals surface area contributed by atoms with Gasteiger partial charge in [-0.1, -0.05) is 108 Å². The van der Waals surface area contributed by atoms with Crippen molar-refractivity contribution in [1.82, 2.24) is 24.5 Å². The van der Waals surface area contributed by atoms with E-state index in [0.29, 0.717) is 25.3 Å². The highest BCUT2D eigenvalue weighted by molar-refractivity contribution is 5.02. The third kappa shape index (κ3) is 12.2. The Bertz CT molecular complexity index is 1100. The Labute approximate surface area is 244 Å². The summed E-state index contributed by atoms with van der Waals surface area (Å²) >= 11 is 0. The molecule has 0 spiro atoms. The van der Waals surface area contributed by atoms with Gasteiger partial charge in [0.15, 0.2) is 0 Å². The number of aromatic amines is 1. The summed E-state index contributed by atoms with van der Waals surface area (Å²) in [5, 5.41) is 18.8. The summed E-state index contributed by atoms with van der Waals surface area (Å²) in [5.41, 5.74) is 0.168. The fourth-order valence-corrected chi connectivity index (χ4v) is 5.46. The van der Waals surface area contributed by atoms with E-state index in [0.717, 1.165) is 12.1 Å². The highest BCUT2D eigenvalue weighted by Crippen LogP contribution is 2.28. The summed E-state index contributed by atoms with van der Waals surface area (Å²) in [7, 11) is 0. The van der Waals surface area contributed by atoms with Crippen LogP contribution in [0.4, 0.5) is 0 Å².